The number of para-hydroxylation sites is 1. The van der Waals surface area contributed by atoms with Gasteiger partial charge in [-0.15, -0.1) is 11.8 Å². The van der Waals surface area contributed by atoms with Crippen LogP contribution in [0.3, 0.4) is 0 Å². The molecule has 0 radical (unpaired) electrons. The molecule has 0 fully saturated rings. The third-order valence-corrected chi connectivity index (χ3v) is 3.59. The van der Waals surface area contributed by atoms with Crippen molar-refractivity contribution in [2.24, 2.45) is 0 Å². The molecule has 0 atom stereocenters. The average molecular weight is 244 g/mol. The second-order valence-electron chi connectivity index (χ2n) is 3.80. The van der Waals surface area contributed by atoms with Crippen molar-refractivity contribution in [1.29, 1.82) is 0 Å². The fourth-order valence-electron chi connectivity index (χ4n) is 2.08. The monoisotopic (exact) mass is 244 g/mol. The van der Waals surface area contributed by atoms with Crippen LogP contribution >= 0.6 is 11.8 Å². The smallest absolute Gasteiger partial charge is 0.128 e. The minimum Gasteiger partial charge on any atom is -0.493 e. The molecule has 0 spiro atoms. The predicted octanol–water partition coefficient (Wildman–Crippen LogP) is 2.80. The third kappa shape index (κ3) is 1.78. The van der Waals surface area contributed by atoms with Crippen molar-refractivity contribution >= 4 is 11.8 Å². The molecule has 0 amide bonds. The zero-order chi connectivity index (χ0) is 11.7. The van der Waals surface area contributed by atoms with Crippen LogP contribution in [0.25, 0.3) is 11.3 Å². The first kappa shape index (κ1) is 10.6. The summed E-state index contributed by atoms with van der Waals surface area (Å²) in [4.78, 5) is 8.75. The molecule has 1 aromatic heterocycles. The van der Waals surface area contributed by atoms with E-state index in [0.29, 0.717) is 6.61 Å². The Morgan fingerprint density at radius 1 is 1.24 bits per heavy atom. The highest BCUT2D eigenvalue weighted by Gasteiger charge is 2.19. The fourth-order valence-corrected chi connectivity index (χ4v) is 2.68. The minimum atomic E-state index is 0.685. The van der Waals surface area contributed by atoms with Crippen molar-refractivity contribution in [1.82, 2.24) is 9.97 Å². The van der Waals surface area contributed by atoms with Crippen molar-refractivity contribution in [3.63, 3.8) is 0 Å². The molecule has 0 N–H and O–H groups in total. The summed E-state index contributed by atoms with van der Waals surface area (Å²) in [6.45, 7) is 0.685. The van der Waals surface area contributed by atoms with Crippen molar-refractivity contribution < 1.29 is 4.74 Å². The highest BCUT2D eigenvalue weighted by molar-refractivity contribution is 7.98. The number of fused-ring (bicyclic) bond motifs is 3. The number of thioether (sulfide) groups is 1. The first-order valence-corrected chi connectivity index (χ1v) is 6.72. The van der Waals surface area contributed by atoms with Crippen molar-refractivity contribution in [2.75, 3.05) is 12.9 Å². The second-order valence-corrected chi connectivity index (χ2v) is 4.60. The van der Waals surface area contributed by atoms with Gasteiger partial charge in [-0.1, -0.05) is 12.1 Å². The molecule has 0 saturated heterocycles. The van der Waals surface area contributed by atoms with Gasteiger partial charge in [0.15, 0.2) is 0 Å². The molecule has 3 nitrogen and oxygen atoms in total. The molecule has 0 saturated carbocycles. The number of nitrogens with zero attached hydrogens (tertiary/aromatic N) is 2. The maximum Gasteiger partial charge on any atom is 0.128 e. The topological polar surface area (TPSA) is 35.0 Å². The quantitative estimate of drug-likeness (QED) is 0.571. The largest absolute Gasteiger partial charge is 0.493 e. The highest BCUT2D eigenvalue weighted by Crippen LogP contribution is 2.35. The predicted molar refractivity (Wildman–Crippen MR) is 68.4 cm³/mol. The Labute approximate surface area is 104 Å². The van der Waals surface area contributed by atoms with Crippen LogP contribution in [0, 0.1) is 0 Å². The van der Waals surface area contributed by atoms with Crippen LogP contribution in [0.2, 0.25) is 0 Å². The van der Waals surface area contributed by atoms with Crippen LogP contribution in [0.4, 0.5) is 0 Å². The van der Waals surface area contributed by atoms with Crippen molar-refractivity contribution in [3.05, 3.63) is 36.2 Å². The maximum atomic E-state index is 5.75. The van der Waals surface area contributed by atoms with Crippen LogP contribution < -0.4 is 4.74 Å². The fraction of sp³-hybridized carbons (Fsp3) is 0.231. The third-order valence-electron chi connectivity index (χ3n) is 2.85. The van der Waals surface area contributed by atoms with Gasteiger partial charge in [0.05, 0.1) is 12.3 Å². The number of hydrogen-bond donors (Lipinski definition) is 0. The summed E-state index contributed by atoms with van der Waals surface area (Å²) in [7, 11) is 0. The summed E-state index contributed by atoms with van der Waals surface area (Å²) in [5, 5.41) is 1.05. The van der Waals surface area contributed by atoms with Crippen LogP contribution in [0.15, 0.2) is 35.6 Å². The minimum absolute atomic E-state index is 0.685. The van der Waals surface area contributed by atoms with E-state index < -0.39 is 0 Å². The normalized spacial score (nSPS) is 13.2. The Balaban J connectivity index is 2.26. The van der Waals surface area contributed by atoms with E-state index in [-0.39, 0.29) is 0 Å². The highest BCUT2D eigenvalue weighted by atomic mass is 32.2. The zero-order valence-electron chi connectivity index (χ0n) is 9.51. The number of hydrogen-bond acceptors (Lipinski definition) is 4. The van der Waals surface area contributed by atoms with E-state index in [1.54, 1.807) is 18.1 Å². The molecule has 3 rings (SSSR count). The van der Waals surface area contributed by atoms with Crippen molar-refractivity contribution in [3.8, 4) is 17.0 Å². The lowest BCUT2D eigenvalue weighted by atomic mass is 10.1. The Hall–Kier alpha value is -1.55. The summed E-state index contributed by atoms with van der Waals surface area (Å²) >= 11 is 1.66. The van der Waals surface area contributed by atoms with Gasteiger partial charge in [0, 0.05) is 17.5 Å². The van der Waals surface area contributed by atoms with Gasteiger partial charge in [-0.2, -0.15) is 0 Å². The molecule has 0 unspecified atom stereocenters. The number of rotatable bonds is 1. The first-order valence-electron chi connectivity index (χ1n) is 5.50. The average Bonchev–Trinajstić information content (AvgIpc) is 2.58. The first-order chi connectivity index (χ1) is 8.40. The molecule has 0 aliphatic carbocycles. The molecular formula is C13H12N2OS. The molecule has 0 bridgehead atoms. The van der Waals surface area contributed by atoms with Gasteiger partial charge in [0.25, 0.3) is 0 Å². The van der Waals surface area contributed by atoms with Gasteiger partial charge >= 0.3 is 0 Å². The van der Waals surface area contributed by atoms with E-state index in [9.17, 15) is 0 Å². The van der Waals surface area contributed by atoms with E-state index in [4.69, 9.17) is 4.74 Å². The molecule has 4 heteroatoms. The lowest BCUT2D eigenvalue weighted by Gasteiger charge is -2.08. The van der Waals surface area contributed by atoms with Crippen LogP contribution in [0.1, 0.15) is 5.56 Å². The second kappa shape index (κ2) is 4.37. The van der Waals surface area contributed by atoms with Gasteiger partial charge in [0.2, 0.25) is 0 Å². The summed E-state index contributed by atoms with van der Waals surface area (Å²) in [6, 6.07) is 8.04. The standard InChI is InChI=1S/C13H12N2OS/c1-17-13-10-6-7-16-11-5-3-2-4-9(11)12(10)14-8-15-13/h2-5,8H,6-7H2,1H3. The molecule has 86 valence electrons. The van der Waals surface area contributed by atoms with E-state index in [2.05, 4.69) is 16.0 Å². The summed E-state index contributed by atoms with van der Waals surface area (Å²) in [6.07, 6.45) is 4.54. The molecule has 1 aliphatic heterocycles. The zero-order valence-corrected chi connectivity index (χ0v) is 10.3. The van der Waals surface area contributed by atoms with Gasteiger partial charge in [0.1, 0.15) is 17.1 Å². The number of ether oxygens (including phenoxy) is 1. The Kier molecular flexibility index (Phi) is 2.73. The Morgan fingerprint density at radius 2 is 2.12 bits per heavy atom. The van der Waals surface area contributed by atoms with E-state index >= 15 is 0 Å². The summed E-state index contributed by atoms with van der Waals surface area (Å²) in [5.41, 5.74) is 3.28. The van der Waals surface area contributed by atoms with Crippen LogP contribution in [-0.2, 0) is 6.42 Å². The lowest BCUT2D eigenvalue weighted by molar-refractivity contribution is 0.325. The van der Waals surface area contributed by atoms with E-state index in [0.717, 1.165) is 28.5 Å². The van der Waals surface area contributed by atoms with Crippen LogP contribution in [-0.4, -0.2) is 22.8 Å². The molecule has 2 aromatic rings. The SMILES string of the molecule is CSc1ncnc2c1CCOc1ccccc1-2. The van der Waals surface area contributed by atoms with Crippen LogP contribution in [0.5, 0.6) is 5.75 Å². The molecule has 1 aromatic carbocycles. The number of aromatic nitrogens is 2. The van der Waals surface area contributed by atoms with E-state index in [1.165, 1.54) is 5.56 Å². The van der Waals surface area contributed by atoms with Gasteiger partial charge in [-0.25, -0.2) is 9.97 Å². The summed E-state index contributed by atoms with van der Waals surface area (Å²) in [5.74, 6) is 0.914. The number of benzene rings is 1. The van der Waals surface area contributed by atoms with Gasteiger partial charge in [-0.3, -0.25) is 0 Å². The molecule has 1 aliphatic rings. The Morgan fingerprint density at radius 3 is 3.00 bits per heavy atom. The Bertz CT molecular complexity index is 557. The molecule has 2 heterocycles. The molecular weight excluding hydrogens is 232 g/mol. The van der Waals surface area contributed by atoms with E-state index in [1.807, 2.05) is 24.5 Å². The summed E-state index contributed by atoms with van der Waals surface area (Å²) < 4.78 is 5.75. The van der Waals surface area contributed by atoms with Gasteiger partial charge < -0.3 is 4.74 Å². The lowest BCUT2D eigenvalue weighted by Crippen LogP contribution is -2.01. The van der Waals surface area contributed by atoms with Crippen molar-refractivity contribution in [2.45, 2.75) is 11.4 Å². The van der Waals surface area contributed by atoms with Gasteiger partial charge in [-0.05, 0) is 18.4 Å². The maximum absolute atomic E-state index is 5.75. The molecule has 17 heavy (non-hydrogen) atoms.